The first-order valence-corrected chi connectivity index (χ1v) is 8.91. The van der Waals surface area contributed by atoms with Crippen LogP contribution in [0, 0.1) is 0 Å². The Balaban J connectivity index is 1.79. The third kappa shape index (κ3) is 3.00. The Bertz CT molecular complexity index is 966. The van der Waals surface area contributed by atoms with Crippen molar-refractivity contribution in [2.45, 2.75) is 18.9 Å². The zero-order valence-electron chi connectivity index (χ0n) is 13.7. The number of rotatable bonds is 3. The van der Waals surface area contributed by atoms with Gasteiger partial charge in [-0.15, -0.1) is 0 Å². The molecular weight excluding hydrogens is 357 g/mol. The van der Waals surface area contributed by atoms with Gasteiger partial charge in [0, 0.05) is 32.5 Å². The number of carbonyl (C=O) groups excluding carboxylic acids is 1. The average Bonchev–Trinajstić information content (AvgIpc) is 3.12. The predicted octanol–water partition coefficient (Wildman–Crippen LogP) is 4.34. The van der Waals surface area contributed by atoms with E-state index in [1.165, 1.54) is 0 Å². The number of carbonyl (C=O) groups is 1. The lowest BCUT2D eigenvalue weighted by Gasteiger charge is -2.14. The van der Waals surface area contributed by atoms with Gasteiger partial charge in [0.15, 0.2) is 0 Å². The molecule has 0 radical (unpaired) electrons. The summed E-state index contributed by atoms with van der Waals surface area (Å²) in [6.45, 7) is 1.34. The van der Waals surface area contributed by atoms with Gasteiger partial charge in [-0.2, -0.15) is 0 Å². The van der Waals surface area contributed by atoms with Crippen LogP contribution < -0.4 is 0 Å². The number of imidazole rings is 1. The van der Waals surface area contributed by atoms with Crippen LogP contribution in [0.25, 0.3) is 11.0 Å². The van der Waals surface area contributed by atoms with Crippen LogP contribution in [0.5, 0.6) is 0 Å². The van der Waals surface area contributed by atoms with E-state index in [9.17, 15) is 4.79 Å². The first-order chi connectivity index (χ1) is 12.0. The fourth-order valence-corrected chi connectivity index (χ4v) is 3.75. The van der Waals surface area contributed by atoms with Crippen LogP contribution >= 0.6 is 23.2 Å². The van der Waals surface area contributed by atoms with Gasteiger partial charge >= 0.3 is 0 Å². The van der Waals surface area contributed by atoms with Crippen molar-refractivity contribution in [2.24, 2.45) is 0 Å². The normalized spacial score (nSPS) is 17.6. The smallest absolute Gasteiger partial charge is 0.223 e. The Morgan fingerprint density at radius 3 is 2.68 bits per heavy atom. The first kappa shape index (κ1) is 16.4. The SMILES string of the molecule is CN1CC(c2nc3ccccc3n2Cc2ccc(Cl)c(Cl)c2)CC1=O. The maximum absolute atomic E-state index is 12.0. The molecule has 2 heterocycles. The summed E-state index contributed by atoms with van der Waals surface area (Å²) in [6.07, 6.45) is 0.501. The first-order valence-electron chi connectivity index (χ1n) is 8.16. The van der Waals surface area contributed by atoms with Crippen LogP contribution in [-0.4, -0.2) is 34.0 Å². The van der Waals surface area contributed by atoms with Crippen molar-refractivity contribution >= 4 is 40.1 Å². The minimum Gasteiger partial charge on any atom is -0.345 e. The number of halogens is 2. The summed E-state index contributed by atoms with van der Waals surface area (Å²) >= 11 is 12.2. The summed E-state index contributed by atoms with van der Waals surface area (Å²) in [5, 5.41) is 1.09. The highest BCUT2D eigenvalue weighted by Crippen LogP contribution is 2.31. The van der Waals surface area contributed by atoms with Crippen molar-refractivity contribution in [3.05, 3.63) is 63.9 Å². The number of nitrogens with zero attached hydrogens (tertiary/aromatic N) is 3. The Labute approximate surface area is 156 Å². The van der Waals surface area contributed by atoms with Crippen LogP contribution in [0.3, 0.4) is 0 Å². The van der Waals surface area contributed by atoms with Gasteiger partial charge in [0.25, 0.3) is 0 Å². The van der Waals surface area contributed by atoms with Gasteiger partial charge in [-0.1, -0.05) is 41.4 Å². The number of aromatic nitrogens is 2. The van der Waals surface area contributed by atoms with Crippen molar-refractivity contribution in [2.75, 3.05) is 13.6 Å². The van der Waals surface area contributed by atoms with Gasteiger partial charge in [-0.25, -0.2) is 4.98 Å². The molecule has 25 heavy (non-hydrogen) atoms. The Morgan fingerprint density at radius 1 is 1.16 bits per heavy atom. The molecular formula is C19H17Cl2N3O. The van der Waals surface area contributed by atoms with E-state index in [2.05, 4.69) is 10.6 Å². The summed E-state index contributed by atoms with van der Waals surface area (Å²) in [6, 6.07) is 13.7. The fraction of sp³-hybridized carbons (Fsp3) is 0.263. The molecule has 2 aromatic carbocycles. The van der Waals surface area contributed by atoms with E-state index < -0.39 is 0 Å². The molecule has 1 saturated heterocycles. The molecule has 1 fully saturated rings. The number of amides is 1. The van der Waals surface area contributed by atoms with Crippen LogP contribution in [0.15, 0.2) is 42.5 Å². The van der Waals surface area contributed by atoms with Crippen LogP contribution in [-0.2, 0) is 11.3 Å². The molecule has 0 aliphatic carbocycles. The molecule has 3 aromatic rings. The van der Waals surface area contributed by atoms with E-state index >= 15 is 0 Å². The van der Waals surface area contributed by atoms with Gasteiger partial charge in [0.2, 0.25) is 5.91 Å². The third-order valence-electron chi connectivity index (χ3n) is 4.71. The molecule has 4 rings (SSSR count). The molecule has 128 valence electrons. The molecule has 6 heteroatoms. The fourth-order valence-electron chi connectivity index (χ4n) is 3.43. The van der Waals surface area contributed by atoms with E-state index in [1.54, 1.807) is 4.90 Å². The highest BCUT2D eigenvalue weighted by molar-refractivity contribution is 6.42. The minimum absolute atomic E-state index is 0.104. The largest absolute Gasteiger partial charge is 0.345 e. The molecule has 1 atom stereocenters. The maximum Gasteiger partial charge on any atom is 0.223 e. The lowest BCUT2D eigenvalue weighted by molar-refractivity contribution is -0.126. The van der Waals surface area contributed by atoms with Crippen LogP contribution in [0.4, 0.5) is 0 Å². The number of likely N-dealkylation sites (tertiary alicyclic amines) is 1. The van der Waals surface area contributed by atoms with Crippen molar-refractivity contribution in [1.29, 1.82) is 0 Å². The molecule has 0 N–H and O–H groups in total. The Kier molecular flexibility index (Phi) is 4.18. The van der Waals surface area contributed by atoms with E-state index in [4.69, 9.17) is 28.2 Å². The minimum atomic E-state index is 0.104. The molecule has 0 saturated carbocycles. The van der Waals surface area contributed by atoms with Gasteiger partial charge < -0.3 is 9.47 Å². The van der Waals surface area contributed by atoms with Crippen molar-refractivity contribution in [3.8, 4) is 0 Å². The van der Waals surface area contributed by atoms with Gasteiger partial charge in [0.1, 0.15) is 5.82 Å². The van der Waals surface area contributed by atoms with Gasteiger partial charge in [-0.3, -0.25) is 4.79 Å². The lowest BCUT2D eigenvalue weighted by atomic mass is 10.1. The molecule has 4 nitrogen and oxygen atoms in total. The second-order valence-corrected chi connectivity index (χ2v) is 7.28. The lowest BCUT2D eigenvalue weighted by Crippen LogP contribution is -2.19. The van der Waals surface area contributed by atoms with E-state index in [1.807, 2.05) is 43.4 Å². The second-order valence-electron chi connectivity index (χ2n) is 6.47. The number of fused-ring (bicyclic) bond motifs is 1. The average molecular weight is 374 g/mol. The van der Waals surface area contributed by atoms with E-state index in [0.29, 0.717) is 29.6 Å². The molecule has 1 unspecified atom stereocenters. The number of benzene rings is 2. The number of hydrogen-bond donors (Lipinski definition) is 0. The second kappa shape index (κ2) is 6.36. The zero-order chi connectivity index (χ0) is 17.6. The summed E-state index contributed by atoms with van der Waals surface area (Å²) in [5.41, 5.74) is 3.06. The zero-order valence-corrected chi connectivity index (χ0v) is 15.3. The van der Waals surface area contributed by atoms with Gasteiger partial charge in [-0.05, 0) is 29.8 Å². The maximum atomic E-state index is 12.0. The Hall–Kier alpha value is -2.04. The summed E-state index contributed by atoms with van der Waals surface area (Å²) in [5.74, 6) is 1.22. The topological polar surface area (TPSA) is 38.1 Å². The predicted molar refractivity (Wildman–Crippen MR) is 100 cm³/mol. The molecule has 0 bridgehead atoms. The molecule has 1 aliphatic heterocycles. The van der Waals surface area contributed by atoms with Crippen molar-refractivity contribution in [1.82, 2.24) is 14.5 Å². The van der Waals surface area contributed by atoms with Crippen LogP contribution in [0.1, 0.15) is 23.7 Å². The number of para-hydroxylation sites is 2. The third-order valence-corrected chi connectivity index (χ3v) is 5.45. The van der Waals surface area contributed by atoms with Crippen molar-refractivity contribution < 1.29 is 4.79 Å². The summed E-state index contributed by atoms with van der Waals surface area (Å²) < 4.78 is 2.19. The highest BCUT2D eigenvalue weighted by atomic mass is 35.5. The van der Waals surface area contributed by atoms with Crippen molar-refractivity contribution in [3.63, 3.8) is 0 Å². The van der Waals surface area contributed by atoms with Crippen LogP contribution in [0.2, 0.25) is 10.0 Å². The summed E-state index contributed by atoms with van der Waals surface area (Å²) in [7, 11) is 1.84. The molecule has 0 spiro atoms. The standard InChI is InChI=1S/C19H17Cl2N3O/c1-23-11-13(9-18(23)25)19-22-16-4-2-3-5-17(16)24(19)10-12-6-7-14(20)15(21)8-12/h2-8,13H,9-11H2,1H3. The monoisotopic (exact) mass is 373 g/mol. The van der Waals surface area contributed by atoms with Gasteiger partial charge in [0.05, 0.1) is 21.1 Å². The van der Waals surface area contributed by atoms with E-state index in [0.717, 1.165) is 22.4 Å². The molecule has 1 aromatic heterocycles. The molecule has 1 aliphatic rings. The molecule has 1 amide bonds. The highest BCUT2D eigenvalue weighted by Gasteiger charge is 2.31. The quantitative estimate of drug-likeness (QED) is 0.684. The number of hydrogen-bond acceptors (Lipinski definition) is 2. The summed E-state index contributed by atoms with van der Waals surface area (Å²) in [4.78, 5) is 18.6. The number of likely N-dealkylation sites (N-methyl/N-ethyl adjacent to an activating group) is 1. The van der Waals surface area contributed by atoms with E-state index in [-0.39, 0.29) is 11.8 Å². The Morgan fingerprint density at radius 2 is 1.96 bits per heavy atom.